The summed E-state index contributed by atoms with van der Waals surface area (Å²) in [6.45, 7) is 5.05. The van der Waals surface area contributed by atoms with Gasteiger partial charge >= 0.3 is 5.97 Å². The molecule has 0 fully saturated rings. The molecule has 1 atom stereocenters. The molecule has 1 rings (SSSR count). The second-order valence-electron chi connectivity index (χ2n) is 4.60. The lowest BCUT2D eigenvalue weighted by Crippen LogP contribution is -2.29. The molecule has 3 nitrogen and oxygen atoms in total. The number of benzene rings is 1. The Labute approximate surface area is 114 Å². The highest BCUT2D eigenvalue weighted by Gasteiger charge is 2.05. The molecule has 0 spiro atoms. The molecule has 1 unspecified atom stereocenters. The van der Waals surface area contributed by atoms with Gasteiger partial charge in [-0.25, -0.2) is 4.39 Å². The molecule has 0 aliphatic rings. The van der Waals surface area contributed by atoms with Gasteiger partial charge in [-0.05, 0) is 50.9 Å². The minimum atomic E-state index is -0.202. The van der Waals surface area contributed by atoms with E-state index in [-0.39, 0.29) is 17.8 Å². The number of ether oxygens (including phenoxy) is 1. The van der Waals surface area contributed by atoms with Crippen LogP contribution in [0.4, 0.5) is 4.39 Å². The first-order valence-electron chi connectivity index (χ1n) is 6.75. The first-order chi connectivity index (χ1) is 9.11. The van der Waals surface area contributed by atoms with Crippen LogP contribution in [0.25, 0.3) is 0 Å². The molecule has 0 saturated carbocycles. The monoisotopic (exact) mass is 267 g/mol. The van der Waals surface area contributed by atoms with E-state index in [2.05, 4.69) is 12.2 Å². The van der Waals surface area contributed by atoms with Crippen LogP contribution in [-0.4, -0.2) is 25.2 Å². The summed E-state index contributed by atoms with van der Waals surface area (Å²) in [4.78, 5) is 11.1. The fourth-order valence-corrected chi connectivity index (χ4v) is 1.90. The van der Waals surface area contributed by atoms with Crippen LogP contribution in [0.5, 0.6) is 0 Å². The molecule has 0 radical (unpaired) electrons. The van der Waals surface area contributed by atoms with Crippen molar-refractivity contribution < 1.29 is 13.9 Å². The van der Waals surface area contributed by atoms with Gasteiger partial charge in [0.2, 0.25) is 0 Å². The van der Waals surface area contributed by atoms with E-state index < -0.39 is 0 Å². The molecule has 0 aliphatic carbocycles. The molecule has 0 bridgehead atoms. The van der Waals surface area contributed by atoms with Crippen molar-refractivity contribution in [3.8, 4) is 0 Å². The van der Waals surface area contributed by atoms with E-state index in [1.807, 2.05) is 6.07 Å². The van der Waals surface area contributed by atoms with Crippen molar-refractivity contribution in [2.45, 2.75) is 39.2 Å². The van der Waals surface area contributed by atoms with Crippen LogP contribution in [0.15, 0.2) is 24.3 Å². The summed E-state index contributed by atoms with van der Waals surface area (Å²) in [5.41, 5.74) is 0.977. The molecule has 0 aliphatic heterocycles. The summed E-state index contributed by atoms with van der Waals surface area (Å²) < 4.78 is 17.9. The van der Waals surface area contributed by atoms with Gasteiger partial charge in [0, 0.05) is 12.5 Å². The Hall–Kier alpha value is -1.42. The summed E-state index contributed by atoms with van der Waals surface area (Å²) in [5, 5.41) is 3.32. The minimum absolute atomic E-state index is 0.151. The van der Waals surface area contributed by atoms with Crippen LogP contribution < -0.4 is 5.32 Å². The maximum Gasteiger partial charge on any atom is 0.305 e. The largest absolute Gasteiger partial charge is 0.466 e. The lowest BCUT2D eigenvalue weighted by molar-refractivity contribution is -0.143. The zero-order chi connectivity index (χ0) is 14.1. The van der Waals surface area contributed by atoms with Crippen molar-refractivity contribution in [2.24, 2.45) is 0 Å². The van der Waals surface area contributed by atoms with Gasteiger partial charge in [-0.2, -0.15) is 0 Å². The van der Waals surface area contributed by atoms with Gasteiger partial charge in [0.05, 0.1) is 6.61 Å². The molecule has 19 heavy (non-hydrogen) atoms. The molecular formula is C15H22FNO2. The van der Waals surface area contributed by atoms with E-state index in [9.17, 15) is 9.18 Å². The minimum Gasteiger partial charge on any atom is -0.466 e. The van der Waals surface area contributed by atoms with Crippen LogP contribution in [0.2, 0.25) is 0 Å². The Morgan fingerprint density at radius 3 is 2.95 bits per heavy atom. The number of hydrogen-bond donors (Lipinski definition) is 1. The van der Waals surface area contributed by atoms with Crippen molar-refractivity contribution in [3.63, 3.8) is 0 Å². The Bertz CT molecular complexity index is 395. The summed E-state index contributed by atoms with van der Waals surface area (Å²) in [6.07, 6.45) is 1.97. The number of carbonyl (C=O) groups excluding carboxylic acids is 1. The van der Waals surface area contributed by atoms with E-state index in [0.29, 0.717) is 13.0 Å². The average molecular weight is 267 g/mol. The van der Waals surface area contributed by atoms with E-state index in [0.717, 1.165) is 24.9 Å². The SMILES string of the molecule is CCOC(=O)CCCNC(C)Cc1cccc(F)c1. The van der Waals surface area contributed by atoms with Crippen molar-refractivity contribution in [3.05, 3.63) is 35.6 Å². The third-order valence-electron chi connectivity index (χ3n) is 2.79. The molecular weight excluding hydrogens is 245 g/mol. The van der Waals surface area contributed by atoms with Crippen LogP contribution in [-0.2, 0) is 16.0 Å². The standard InChI is InChI=1S/C15H22FNO2/c1-3-19-15(18)8-5-9-17-12(2)10-13-6-4-7-14(16)11-13/h4,6-7,11-12,17H,3,5,8-10H2,1-2H3. The smallest absolute Gasteiger partial charge is 0.305 e. The molecule has 1 N–H and O–H groups in total. The lowest BCUT2D eigenvalue weighted by atomic mass is 10.1. The summed E-state index contributed by atoms with van der Waals surface area (Å²) in [6, 6.07) is 6.89. The molecule has 0 aromatic heterocycles. The van der Waals surface area contributed by atoms with Crippen molar-refractivity contribution in [2.75, 3.05) is 13.2 Å². The second-order valence-corrected chi connectivity index (χ2v) is 4.60. The predicted molar refractivity (Wildman–Crippen MR) is 73.4 cm³/mol. The number of rotatable bonds is 8. The van der Waals surface area contributed by atoms with Crippen molar-refractivity contribution in [1.29, 1.82) is 0 Å². The average Bonchev–Trinajstić information content (AvgIpc) is 2.35. The van der Waals surface area contributed by atoms with Crippen molar-refractivity contribution >= 4 is 5.97 Å². The molecule has 0 saturated heterocycles. The quantitative estimate of drug-likeness (QED) is 0.581. The van der Waals surface area contributed by atoms with Gasteiger partial charge in [0.1, 0.15) is 5.82 Å². The zero-order valence-electron chi connectivity index (χ0n) is 11.6. The fraction of sp³-hybridized carbons (Fsp3) is 0.533. The number of esters is 1. The maximum atomic E-state index is 13.0. The Balaban J connectivity index is 2.18. The van der Waals surface area contributed by atoms with Gasteiger partial charge in [-0.1, -0.05) is 12.1 Å². The first kappa shape index (κ1) is 15.6. The number of carbonyl (C=O) groups is 1. The van der Waals surface area contributed by atoms with E-state index in [1.165, 1.54) is 6.07 Å². The van der Waals surface area contributed by atoms with E-state index >= 15 is 0 Å². The second kappa shape index (κ2) is 8.64. The zero-order valence-corrected chi connectivity index (χ0v) is 11.6. The third-order valence-corrected chi connectivity index (χ3v) is 2.79. The highest BCUT2D eigenvalue weighted by Crippen LogP contribution is 2.06. The molecule has 106 valence electrons. The van der Waals surface area contributed by atoms with Crippen molar-refractivity contribution in [1.82, 2.24) is 5.32 Å². The Morgan fingerprint density at radius 1 is 1.47 bits per heavy atom. The number of nitrogens with one attached hydrogen (secondary N) is 1. The highest BCUT2D eigenvalue weighted by atomic mass is 19.1. The summed E-state index contributed by atoms with van der Waals surface area (Å²) in [5.74, 6) is -0.353. The number of halogens is 1. The summed E-state index contributed by atoms with van der Waals surface area (Å²) in [7, 11) is 0. The maximum absolute atomic E-state index is 13.0. The van der Waals surface area contributed by atoms with E-state index in [1.54, 1.807) is 19.1 Å². The molecule has 0 heterocycles. The third kappa shape index (κ3) is 6.91. The molecule has 4 heteroatoms. The van der Waals surface area contributed by atoms with Gasteiger partial charge in [0.15, 0.2) is 0 Å². The predicted octanol–water partition coefficient (Wildman–Crippen LogP) is 2.69. The van der Waals surface area contributed by atoms with E-state index in [4.69, 9.17) is 4.74 Å². The number of hydrogen-bond acceptors (Lipinski definition) is 3. The van der Waals surface area contributed by atoms with Crippen LogP contribution >= 0.6 is 0 Å². The topological polar surface area (TPSA) is 38.3 Å². The molecule has 0 amide bonds. The van der Waals surface area contributed by atoms with Gasteiger partial charge < -0.3 is 10.1 Å². The lowest BCUT2D eigenvalue weighted by Gasteiger charge is -2.13. The highest BCUT2D eigenvalue weighted by molar-refractivity contribution is 5.69. The molecule has 1 aromatic rings. The van der Waals surface area contributed by atoms with Gasteiger partial charge in [0.25, 0.3) is 0 Å². The van der Waals surface area contributed by atoms with Crippen LogP contribution in [0.3, 0.4) is 0 Å². The Kier molecular flexibility index (Phi) is 7.11. The normalized spacial score (nSPS) is 12.2. The van der Waals surface area contributed by atoms with Crippen LogP contribution in [0, 0.1) is 5.82 Å². The first-order valence-corrected chi connectivity index (χ1v) is 6.75. The van der Waals surface area contributed by atoms with Gasteiger partial charge in [-0.15, -0.1) is 0 Å². The van der Waals surface area contributed by atoms with Crippen LogP contribution in [0.1, 0.15) is 32.3 Å². The molecule has 1 aromatic carbocycles. The fourth-order valence-electron chi connectivity index (χ4n) is 1.90. The Morgan fingerprint density at radius 2 is 2.26 bits per heavy atom. The van der Waals surface area contributed by atoms with Gasteiger partial charge in [-0.3, -0.25) is 4.79 Å². The summed E-state index contributed by atoms with van der Waals surface area (Å²) >= 11 is 0.